The summed E-state index contributed by atoms with van der Waals surface area (Å²) in [6.45, 7) is 0. The van der Waals surface area contributed by atoms with E-state index in [1.807, 2.05) is 0 Å². The molecule has 0 fully saturated rings. The summed E-state index contributed by atoms with van der Waals surface area (Å²) < 4.78 is 1.49. The number of benzene rings is 2. The van der Waals surface area contributed by atoms with Gasteiger partial charge >= 0.3 is 0 Å². The van der Waals surface area contributed by atoms with Gasteiger partial charge in [0.1, 0.15) is 0 Å². The lowest BCUT2D eigenvalue weighted by atomic mass is 10.2. The Balaban J connectivity index is 2.20. The Kier molecular flexibility index (Phi) is 4.50. The minimum absolute atomic E-state index is 0.230. The minimum Gasteiger partial charge on any atom is -0.398 e. The van der Waals surface area contributed by atoms with Gasteiger partial charge in [-0.25, -0.2) is 0 Å². The van der Waals surface area contributed by atoms with E-state index >= 15 is 0 Å². The van der Waals surface area contributed by atoms with Crippen LogP contribution < -0.4 is 11.1 Å². The van der Waals surface area contributed by atoms with Crippen LogP contribution in [0.5, 0.6) is 0 Å². The summed E-state index contributed by atoms with van der Waals surface area (Å²) in [6.07, 6.45) is 0. The van der Waals surface area contributed by atoms with E-state index < -0.39 is 0 Å². The predicted molar refractivity (Wildman–Crippen MR) is 85.7 cm³/mol. The van der Waals surface area contributed by atoms with Crippen LogP contribution in [0.4, 0.5) is 11.4 Å². The van der Waals surface area contributed by atoms with Crippen molar-refractivity contribution in [3.05, 3.63) is 55.9 Å². The van der Waals surface area contributed by atoms with E-state index in [0.717, 1.165) is 8.95 Å². The molecule has 0 aliphatic carbocycles. The molecule has 3 N–H and O–H groups in total. The summed E-state index contributed by atoms with van der Waals surface area (Å²) in [5.41, 5.74) is 7.45. The summed E-state index contributed by atoms with van der Waals surface area (Å²) in [5, 5.41) is 3.27. The van der Waals surface area contributed by atoms with Crippen molar-refractivity contribution in [1.29, 1.82) is 0 Å². The third-order valence-electron chi connectivity index (χ3n) is 2.44. The second kappa shape index (κ2) is 5.94. The number of hydrogen-bond acceptors (Lipinski definition) is 2. The second-order valence-electron chi connectivity index (χ2n) is 3.82. The van der Waals surface area contributed by atoms with Gasteiger partial charge in [-0.2, -0.15) is 0 Å². The molecule has 0 saturated carbocycles. The highest BCUT2D eigenvalue weighted by atomic mass is 79.9. The van der Waals surface area contributed by atoms with Crippen molar-refractivity contribution in [2.75, 3.05) is 11.1 Å². The molecule has 2 aromatic carbocycles. The maximum absolute atomic E-state index is 12.0. The van der Waals surface area contributed by atoms with E-state index in [0.29, 0.717) is 22.0 Å². The third-order valence-corrected chi connectivity index (χ3v) is 4.36. The minimum atomic E-state index is -0.230. The Labute approximate surface area is 132 Å². The summed E-state index contributed by atoms with van der Waals surface area (Å²) in [4.78, 5) is 12.0. The van der Waals surface area contributed by atoms with Crippen LogP contribution in [-0.4, -0.2) is 5.91 Å². The number of carbonyl (C=O) groups excluding carboxylic acids is 1. The Bertz CT molecular complexity index is 647. The van der Waals surface area contributed by atoms with E-state index in [9.17, 15) is 4.79 Å². The van der Waals surface area contributed by atoms with Crippen molar-refractivity contribution in [2.24, 2.45) is 0 Å². The maximum Gasteiger partial charge on any atom is 0.255 e. The molecule has 0 spiro atoms. The number of rotatable bonds is 2. The van der Waals surface area contributed by atoms with Gasteiger partial charge in [0.2, 0.25) is 0 Å². The molecule has 0 unspecified atom stereocenters. The molecule has 3 nitrogen and oxygen atoms in total. The molecular weight excluding hydrogens is 395 g/mol. The van der Waals surface area contributed by atoms with Crippen LogP contribution in [0.2, 0.25) is 5.02 Å². The van der Waals surface area contributed by atoms with Gasteiger partial charge in [-0.3, -0.25) is 4.79 Å². The molecule has 0 atom stereocenters. The van der Waals surface area contributed by atoms with E-state index in [-0.39, 0.29) is 5.91 Å². The number of anilines is 2. The first kappa shape index (κ1) is 14.4. The molecule has 0 aliphatic rings. The second-order valence-corrected chi connectivity index (χ2v) is 5.94. The molecule has 98 valence electrons. The zero-order valence-corrected chi connectivity index (χ0v) is 13.5. The Morgan fingerprint density at radius 2 is 1.84 bits per heavy atom. The van der Waals surface area contributed by atoms with E-state index in [4.69, 9.17) is 17.3 Å². The van der Waals surface area contributed by atoms with Gasteiger partial charge < -0.3 is 11.1 Å². The lowest BCUT2D eigenvalue weighted by Gasteiger charge is -2.07. The smallest absolute Gasteiger partial charge is 0.255 e. The van der Waals surface area contributed by atoms with Gasteiger partial charge in [-0.05, 0) is 68.3 Å². The zero-order valence-electron chi connectivity index (χ0n) is 9.58. The monoisotopic (exact) mass is 402 g/mol. The average molecular weight is 404 g/mol. The van der Waals surface area contributed by atoms with Gasteiger partial charge in [-0.15, -0.1) is 0 Å². The molecular formula is C13H9Br2ClN2O. The van der Waals surface area contributed by atoms with Crippen LogP contribution in [-0.2, 0) is 0 Å². The highest BCUT2D eigenvalue weighted by Gasteiger charge is 2.09. The first-order chi connectivity index (χ1) is 8.97. The van der Waals surface area contributed by atoms with Crippen molar-refractivity contribution in [1.82, 2.24) is 0 Å². The zero-order chi connectivity index (χ0) is 14.0. The summed E-state index contributed by atoms with van der Waals surface area (Å²) in [7, 11) is 0. The number of amides is 1. The van der Waals surface area contributed by atoms with E-state index in [2.05, 4.69) is 37.2 Å². The van der Waals surface area contributed by atoms with E-state index in [1.165, 1.54) is 0 Å². The van der Waals surface area contributed by atoms with Crippen molar-refractivity contribution >= 4 is 60.7 Å². The first-order valence-corrected chi connectivity index (χ1v) is 7.25. The van der Waals surface area contributed by atoms with Crippen molar-refractivity contribution in [3.63, 3.8) is 0 Å². The largest absolute Gasteiger partial charge is 0.398 e. The summed E-state index contributed by atoms with van der Waals surface area (Å²) >= 11 is 12.5. The standard InChI is InChI=1S/C13H9Br2ClN2O/c14-9-3-1-7(5-11(9)16)13(19)18-8-2-4-12(17)10(15)6-8/h1-6H,17H2,(H,18,19). The molecule has 1 amide bonds. The fourth-order valence-corrected chi connectivity index (χ4v) is 2.25. The summed E-state index contributed by atoms with van der Waals surface area (Å²) in [5.74, 6) is -0.230. The quantitative estimate of drug-likeness (QED) is 0.713. The van der Waals surface area contributed by atoms with Gasteiger partial charge in [0.25, 0.3) is 5.91 Å². The molecule has 19 heavy (non-hydrogen) atoms. The number of nitrogens with one attached hydrogen (secondary N) is 1. The number of nitrogens with two attached hydrogens (primary N) is 1. The van der Waals surface area contributed by atoms with Crippen LogP contribution in [0.25, 0.3) is 0 Å². The molecule has 2 aromatic rings. The lowest BCUT2D eigenvalue weighted by Crippen LogP contribution is -2.11. The van der Waals surface area contributed by atoms with Crippen molar-refractivity contribution in [3.8, 4) is 0 Å². The van der Waals surface area contributed by atoms with E-state index in [1.54, 1.807) is 36.4 Å². The first-order valence-electron chi connectivity index (χ1n) is 5.29. The average Bonchev–Trinajstić information content (AvgIpc) is 2.37. The summed E-state index contributed by atoms with van der Waals surface area (Å²) in [6, 6.07) is 10.2. The number of hydrogen-bond donors (Lipinski definition) is 2. The van der Waals surface area contributed by atoms with Gasteiger partial charge in [0.05, 0.1) is 5.02 Å². The third kappa shape index (κ3) is 3.49. The molecule has 0 radical (unpaired) electrons. The highest BCUT2D eigenvalue weighted by molar-refractivity contribution is 9.11. The van der Waals surface area contributed by atoms with Gasteiger partial charge in [0.15, 0.2) is 0 Å². The van der Waals surface area contributed by atoms with Crippen LogP contribution in [0, 0.1) is 0 Å². The highest BCUT2D eigenvalue weighted by Crippen LogP contribution is 2.25. The molecule has 2 rings (SSSR count). The predicted octanol–water partition coefficient (Wildman–Crippen LogP) is 4.70. The topological polar surface area (TPSA) is 55.1 Å². The molecule has 0 aliphatic heterocycles. The number of nitrogen functional groups attached to an aromatic ring is 1. The number of halogens is 3. The van der Waals surface area contributed by atoms with Crippen molar-refractivity contribution in [2.45, 2.75) is 0 Å². The molecule has 0 saturated heterocycles. The number of carbonyl (C=O) groups is 1. The maximum atomic E-state index is 12.0. The van der Waals surface area contributed by atoms with Crippen LogP contribution in [0.3, 0.4) is 0 Å². The van der Waals surface area contributed by atoms with Crippen LogP contribution in [0.15, 0.2) is 45.3 Å². The van der Waals surface area contributed by atoms with Gasteiger partial charge in [-0.1, -0.05) is 11.6 Å². The Hall–Kier alpha value is -1.04. The van der Waals surface area contributed by atoms with Crippen LogP contribution >= 0.6 is 43.5 Å². The molecule has 0 bridgehead atoms. The Morgan fingerprint density at radius 1 is 1.11 bits per heavy atom. The molecule has 6 heteroatoms. The van der Waals surface area contributed by atoms with Crippen molar-refractivity contribution < 1.29 is 4.79 Å². The molecule has 0 heterocycles. The fourth-order valence-electron chi connectivity index (χ4n) is 1.45. The Morgan fingerprint density at radius 3 is 2.47 bits per heavy atom. The van der Waals surface area contributed by atoms with Crippen LogP contribution in [0.1, 0.15) is 10.4 Å². The fraction of sp³-hybridized carbons (Fsp3) is 0. The normalized spacial score (nSPS) is 10.3. The lowest BCUT2D eigenvalue weighted by molar-refractivity contribution is 0.102. The molecule has 0 aromatic heterocycles. The SMILES string of the molecule is Nc1ccc(NC(=O)c2ccc(Br)c(Cl)c2)cc1Br. The van der Waals surface area contributed by atoms with Gasteiger partial charge in [0, 0.05) is 25.9 Å².